The Morgan fingerprint density at radius 2 is 1.71 bits per heavy atom. The molecule has 116 valence electrons. The normalized spacial score (nSPS) is 11.3. The van der Waals surface area contributed by atoms with Crippen LogP contribution in [0.5, 0.6) is 0 Å². The third-order valence-electron chi connectivity index (χ3n) is 4.09. The van der Waals surface area contributed by atoms with Gasteiger partial charge in [0.2, 0.25) is 0 Å². The second kappa shape index (κ2) is 8.83. The summed E-state index contributed by atoms with van der Waals surface area (Å²) in [4.78, 5) is 4.72. The summed E-state index contributed by atoms with van der Waals surface area (Å²) in [6.07, 6.45) is 10.3. The smallest absolute Gasteiger partial charge is 0.111 e. The van der Waals surface area contributed by atoms with Crippen molar-refractivity contribution in [2.24, 2.45) is 5.73 Å². The van der Waals surface area contributed by atoms with Crippen LogP contribution < -0.4 is 5.73 Å². The lowest BCUT2D eigenvalue weighted by molar-refractivity contribution is 0.546. The number of unbranched alkanes of at least 4 members (excludes halogenated alkanes) is 6. The Labute approximate surface area is 128 Å². The van der Waals surface area contributed by atoms with Crippen molar-refractivity contribution in [3.63, 3.8) is 0 Å². The van der Waals surface area contributed by atoms with E-state index in [4.69, 9.17) is 10.7 Å². The van der Waals surface area contributed by atoms with Crippen molar-refractivity contribution in [3.8, 4) is 0 Å². The van der Waals surface area contributed by atoms with Crippen LogP contribution in [0.1, 0.15) is 57.7 Å². The molecule has 3 nitrogen and oxygen atoms in total. The average Bonchev–Trinajstić information content (AvgIpc) is 2.84. The van der Waals surface area contributed by atoms with Crippen LogP contribution in [-0.4, -0.2) is 16.1 Å². The van der Waals surface area contributed by atoms with Crippen molar-refractivity contribution >= 4 is 11.0 Å². The van der Waals surface area contributed by atoms with Crippen LogP contribution in [0.25, 0.3) is 11.0 Å². The Morgan fingerprint density at radius 3 is 2.48 bits per heavy atom. The van der Waals surface area contributed by atoms with Crippen LogP contribution in [0.15, 0.2) is 24.3 Å². The number of rotatable bonds is 10. The highest BCUT2D eigenvalue weighted by Gasteiger charge is 2.08. The molecular weight excluding hydrogens is 258 g/mol. The number of hydrogen-bond donors (Lipinski definition) is 1. The van der Waals surface area contributed by atoms with Gasteiger partial charge in [-0.15, -0.1) is 0 Å². The molecule has 0 aliphatic rings. The molecule has 2 rings (SSSR count). The number of fused-ring (bicyclic) bond motifs is 1. The maximum Gasteiger partial charge on any atom is 0.111 e. The standard InChI is InChI=1S/C18H29N3/c1-2-3-4-5-6-7-10-15-21-17-12-9-8-11-16(17)20-18(21)13-14-19/h8-9,11-12H,2-7,10,13-15,19H2,1H3. The summed E-state index contributed by atoms with van der Waals surface area (Å²) in [5, 5.41) is 0. The van der Waals surface area contributed by atoms with Crippen LogP contribution in [0.4, 0.5) is 0 Å². The maximum atomic E-state index is 5.72. The summed E-state index contributed by atoms with van der Waals surface area (Å²) in [7, 11) is 0. The van der Waals surface area contributed by atoms with Gasteiger partial charge in [-0.1, -0.05) is 57.6 Å². The number of nitrogens with two attached hydrogens (primary N) is 1. The van der Waals surface area contributed by atoms with Gasteiger partial charge in [0, 0.05) is 13.0 Å². The van der Waals surface area contributed by atoms with E-state index in [1.165, 1.54) is 50.5 Å². The second-order valence-corrected chi connectivity index (χ2v) is 5.83. The van der Waals surface area contributed by atoms with Gasteiger partial charge in [-0.3, -0.25) is 0 Å². The summed E-state index contributed by atoms with van der Waals surface area (Å²) in [6, 6.07) is 8.41. The third kappa shape index (κ3) is 4.57. The van der Waals surface area contributed by atoms with Gasteiger partial charge in [0.25, 0.3) is 0 Å². The first kappa shape index (κ1) is 16.0. The van der Waals surface area contributed by atoms with Gasteiger partial charge >= 0.3 is 0 Å². The molecule has 2 N–H and O–H groups in total. The van der Waals surface area contributed by atoms with Crippen molar-refractivity contribution < 1.29 is 0 Å². The molecule has 0 aliphatic carbocycles. The molecule has 0 saturated heterocycles. The van der Waals surface area contributed by atoms with E-state index >= 15 is 0 Å². The lowest BCUT2D eigenvalue weighted by Gasteiger charge is -2.08. The molecule has 1 heterocycles. The first-order valence-electron chi connectivity index (χ1n) is 8.51. The van der Waals surface area contributed by atoms with Gasteiger partial charge in [0.15, 0.2) is 0 Å². The Hall–Kier alpha value is -1.35. The lowest BCUT2D eigenvalue weighted by atomic mass is 10.1. The predicted octanol–water partition coefficient (Wildman–Crippen LogP) is 4.29. The summed E-state index contributed by atoms with van der Waals surface area (Å²) in [5.41, 5.74) is 8.08. The molecule has 0 radical (unpaired) electrons. The van der Waals surface area contributed by atoms with Gasteiger partial charge in [0.05, 0.1) is 11.0 Å². The molecule has 0 bridgehead atoms. The second-order valence-electron chi connectivity index (χ2n) is 5.83. The summed E-state index contributed by atoms with van der Waals surface area (Å²) >= 11 is 0. The number of para-hydroxylation sites is 2. The number of aromatic nitrogens is 2. The molecule has 1 aromatic carbocycles. The van der Waals surface area contributed by atoms with E-state index in [0.717, 1.165) is 24.3 Å². The first-order chi connectivity index (χ1) is 10.4. The van der Waals surface area contributed by atoms with Crippen LogP contribution in [0.3, 0.4) is 0 Å². The zero-order valence-electron chi connectivity index (χ0n) is 13.4. The number of imidazole rings is 1. The quantitative estimate of drug-likeness (QED) is 0.662. The van der Waals surface area contributed by atoms with E-state index in [9.17, 15) is 0 Å². The Bertz CT molecular complexity index is 530. The van der Waals surface area contributed by atoms with Gasteiger partial charge in [-0.05, 0) is 25.1 Å². The molecule has 3 heteroatoms. The summed E-state index contributed by atoms with van der Waals surface area (Å²) in [6.45, 7) is 4.01. The third-order valence-corrected chi connectivity index (χ3v) is 4.09. The van der Waals surface area contributed by atoms with Crippen molar-refractivity contribution in [1.29, 1.82) is 0 Å². The summed E-state index contributed by atoms with van der Waals surface area (Å²) < 4.78 is 2.37. The molecule has 0 spiro atoms. The number of aryl methyl sites for hydroxylation is 1. The van der Waals surface area contributed by atoms with E-state index in [2.05, 4.69) is 35.8 Å². The molecule has 0 aliphatic heterocycles. The lowest BCUT2D eigenvalue weighted by Crippen LogP contribution is -2.10. The molecule has 0 unspecified atom stereocenters. The molecule has 21 heavy (non-hydrogen) atoms. The minimum Gasteiger partial charge on any atom is -0.330 e. The highest BCUT2D eigenvalue weighted by molar-refractivity contribution is 5.75. The zero-order valence-corrected chi connectivity index (χ0v) is 13.4. The monoisotopic (exact) mass is 287 g/mol. The van der Waals surface area contributed by atoms with E-state index in [1.54, 1.807) is 0 Å². The SMILES string of the molecule is CCCCCCCCCn1c(CCN)nc2ccccc21. The van der Waals surface area contributed by atoms with Crippen LogP contribution >= 0.6 is 0 Å². The topological polar surface area (TPSA) is 43.8 Å². The van der Waals surface area contributed by atoms with Crippen molar-refractivity contribution in [1.82, 2.24) is 9.55 Å². The fraction of sp³-hybridized carbons (Fsp3) is 0.611. The molecular formula is C18H29N3. The number of hydrogen-bond acceptors (Lipinski definition) is 2. The predicted molar refractivity (Wildman–Crippen MR) is 90.5 cm³/mol. The minimum absolute atomic E-state index is 0.667. The van der Waals surface area contributed by atoms with Gasteiger partial charge < -0.3 is 10.3 Å². The fourth-order valence-electron chi connectivity index (χ4n) is 2.92. The maximum absolute atomic E-state index is 5.72. The molecule has 1 aromatic heterocycles. The van der Waals surface area contributed by atoms with Gasteiger partial charge in [-0.25, -0.2) is 4.98 Å². The Balaban J connectivity index is 1.89. The van der Waals surface area contributed by atoms with E-state index < -0.39 is 0 Å². The van der Waals surface area contributed by atoms with Crippen molar-refractivity contribution in [2.75, 3.05) is 6.54 Å². The number of benzene rings is 1. The van der Waals surface area contributed by atoms with Crippen molar-refractivity contribution in [2.45, 2.75) is 64.8 Å². The highest BCUT2D eigenvalue weighted by Crippen LogP contribution is 2.18. The fourth-order valence-corrected chi connectivity index (χ4v) is 2.92. The van der Waals surface area contributed by atoms with Gasteiger partial charge in [-0.2, -0.15) is 0 Å². The molecule has 0 atom stereocenters. The van der Waals surface area contributed by atoms with E-state index in [0.29, 0.717) is 6.54 Å². The average molecular weight is 287 g/mol. The van der Waals surface area contributed by atoms with Gasteiger partial charge in [0.1, 0.15) is 5.82 Å². The van der Waals surface area contributed by atoms with Crippen LogP contribution in [0.2, 0.25) is 0 Å². The number of nitrogens with zero attached hydrogens (tertiary/aromatic N) is 2. The first-order valence-corrected chi connectivity index (χ1v) is 8.51. The van der Waals surface area contributed by atoms with E-state index in [-0.39, 0.29) is 0 Å². The highest BCUT2D eigenvalue weighted by atomic mass is 15.1. The van der Waals surface area contributed by atoms with Crippen LogP contribution in [-0.2, 0) is 13.0 Å². The van der Waals surface area contributed by atoms with E-state index in [1.807, 2.05) is 0 Å². The molecule has 0 fully saturated rings. The van der Waals surface area contributed by atoms with Crippen molar-refractivity contribution in [3.05, 3.63) is 30.1 Å². The zero-order chi connectivity index (χ0) is 14.9. The Morgan fingerprint density at radius 1 is 1.00 bits per heavy atom. The van der Waals surface area contributed by atoms with Crippen LogP contribution in [0, 0.1) is 0 Å². The summed E-state index contributed by atoms with van der Waals surface area (Å²) in [5.74, 6) is 1.14. The largest absolute Gasteiger partial charge is 0.330 e. The molecule has 0 saturated carbocycles. The molecule has 0 amide bonds. The minimum atomic E-state index is 0.667. The molecule has 2 aromatic rings. The Kier molecular flexibility index (Phi) is 6.74.